The van der Waals surface area contributed by atoms with E-state index in [1.807, 2.05) is 84.7 Å². The van der Waals surface area contributed by atoms with Gasteiger partial charge in [-0.15, -0.1) is 0 Å². The van der Waals surface area contributed by atoms with Gasteiger partial charge in [-0.05, 0) is 44.5 Å². The van der Waals surface area contributed by atoms with Crippen LogP contribution in [-0.2, 0) is 11.2 Å². The van der Waals surface area contributed by atoms with Crippen LogP contribution in [0, 0.1) is 13.8 Å². The van der Waals surface area contributed by atoms with Gasteiger partial charge in [-0.25, -0.2) is 9.67 Å². The van der Waals surface area contributed by atoms with Gasteiger partial charge >= 0.3 is 0 Å². The van der Waals surface area contributed by atoms with Gasteiger partial charge in [0.15, 0.2) is 0 Å². The van der Waals surface area contributed by atoms with Crippen molar-refractivity contribution in [3.63, 3.8) is 0 Å². The molecule has 0 aliphatic rings. The van der Waals surface area contributed by atoms with Crippen molar-refractivity contribution in [1.82, 2.24) is 24.5 Å². The summed E-state index contributed by atoms with van der Waals surface area (Å²) in [5.41, 5.74) is 5.88. The molecule has 1 N–H and O–H groups in total. The van der Waals surface area contributed by atoms with E-state index in [2.05, 4.69) is 15.4 Å². The largest absolute Gasteiger partial charge is 0.349 e. The van der Waals surface area contributed by atoms with Gasteiger partial charge in [-0.1, -0.05) is 24.3 Å². The lowest BCUT2D eigenvalue weighted by molar-refractivity contribution is -0.121. The first-order chi connectivity index (χ1) is 13.5. The van der Waals surface area contributed by atoms with Gasteiger partial charge in [-0.2, -0.15) is 5.10 Å². The van der Waals surface area contributed by atoms with Crippen LogP contribution in [0.3, 0.4) is 0 Å². The van der Waals surface area contributed by atoms with Gasteiger partial charge in [0.2, 0.25) is 5.91 Å². The summed E-state index contributed by atoms with van der Waals surface area (Å²) in [5, 5.41) is 7.58. The second kappa shape index (κ2) is 7.31. The van der Waals surface area contributed by atoms with Gasteiger partial charge < -0.3 is 9.72 Å². The van der Waals surface area contributed by atoms with Crippen LogP contribution >= 0.6 is 0 Å². The molecule has 0 saturated heterocycles. The van der Waals surface area contributed by atoms with Crippen molar-refractivity contribution in [3.05, 3.63) is 83.6 Å². The summed E-state index contributed by atoms with van der Waals surface area (Å²) in [6, 6.07) is 13.8. The molecule has 6 nitrogen and oxygen atoms in total. The molecule has 1 atom stereocenters. The summed E-state index contributed by atoms with van der Waals surface area (Å²) in [5.74, 6) is -0.0392. The number of pyridine rings is 1. The van der Waals surface area contributed by atoms with Crippen LogP contribution in [0.4, 0.5) is 0 Å². The van der Waals surface area contributed by atoms with Crippen molar-refractivity contribution in [3.8, 4) is 5.69 Å². The first-order valence-corrected chi connectivity index (χ1v) is 9.35. The predicted octanol–water partition coefficient (Wildman–Crippen LogP) is 3.56. The van der Waals surface area contributed by atoms with Crippen LogP contribution < -0.4 is 5.32 Å². The highest BCUT2D eigenvalue weighted by atomic mass is 16.1. The summed E-state index contributed by atoms with van der Waals surface area (Å²) in [6.07, 6.45) is 5.81. The zero-order valence-corrected chi connectivity index (χ0v) is 16.3. The van der Waals surface area contributed by atoms with E-state index in [9.17, 15) is 4.79 Å². The average molecular weight is 373 g/mol. The number of aromatic nitrogens is 4. The zero-order valence-electron chi connectivity index (χ0n) is 16.3. The molecule has 3 heterocycles. The van der Waals surface area contributed by atoms with Crippen LogP contribution in [0.5, 0.6) is 0 Å². The second-order valence-electron chi connectivity index (χ2n) is 7.03. The van der Waals surface area contributed by atoms with Crippen molar-refractivity contribution >= 4 is 11.6 Å². The molecule has 0 aliphatic carbocycles. The van der Waals surface area contributed by atoms with Gasteiger partial charge in [0, 0.05) is 23.7 Å². The Hall–Kier alpha value is -3.41. The lowest BCUT2D eigenvalue weighted by Gasteiger charge is -2.14. The molecule has 0 fully saturated rings. The third kappa shape index (κ3) is 3.29. The summed E-state index contributed by atoms with van der Waals surface area (Å²) in [7, 11) is 0. The SMILES string of the molecule is Cc1cccn2c(CC(=O)N[C@H](C)c3cnn(-c4ccccc4)c3C)cnc12. The molecule has 142 valence electrons. The van der Waals surface area contributed by atoms with Gasteiger partial charge in [0.1, 0.15) is 5.65 Å². The Labute approximate surface area is 163 Å². The molecule has 1 aromatic carbocycles. The number of fused-ring (bicyclic) bond motifs is 1. The minimum atomic E-state index is -0.133. The molecule has 3 aromatic heterocycles. The number of para-hydroxylation sites is 1. The number of carbonyl (C=O) groups excluding carboxylic acids is 1. The van der Waals surface area contributed by atoms with Crippen LogP contribution in [0.2, 0.25) is 0 Å². The van der Waals surface area contributed by atoms with Crippen LogP contribution in [0.15, 0.2) is 61.1 Å². The molecule has 0 aliphatic heterocycles. The quantitative estimate of drug-likeness (QED) is 0.582. The molecule has 0 unspecified atom stereocenters. The Bertz CT molecular complexity index is 1130. The normalized spacial score (nSPS) is 12.2. The molecular weight excluding hydrogens is 350 g/mol. The monoisotopic (exact) mass is 373 g/mol. The van der Waals surface area contributed by atoms with Crippen molar-refractivity contribution in [2.24, 2.45) is 0 Å². The number of benzene rings is 1. The van der Waals surface area contributed by atoms with Crippen LogP contribution in [0.25, 0.3) is 11.3 Å². The Morgan fingerprint density at radius 1 is 1.11 bits per heavy atom. The van der Waals surface area contributed by atoms with Gasteiger partial charge in [0.05, 0.1) is 30.0 Å². The Balaban J connectivity index is 1.49. The minimum absolute atomic E-state index is 0.0392. The highest BCUT2D eigenvalue weighted by Crippen LogP contribution is 2.20. The smallest absolute Gasteiger partial charge is 0.226 e. The standard InChI is InChI=1S/C22H23N5O/c1-15-8-7-11-26-19(13-23-22(15)26)12-21(28)25-16(2)20-14-24-27(17(20)3)18-9-5-4-6-10-18/h4-11,13-14,16H,12H2,1-3H3,(H,25,28)/t16-/m1/s1. The molecule has 0 saturated carbocycles. The maximum Gasteiger partial charge on any atom is 0.226 e. The third-order valence-electron chi connectivity index (χ3n) is 5.04. The fraction of sp³-hybridized carbons (Fsp3) is 0.227. The number of carbonyl (C=O) groups is 1. The van der Waals surface area contributed by atoms with Crippen molar-refractivity contribution in [2.75, 3.05) is 0 Å². The number of hydrogen-bond donors (Lipinski definition) is 1. The number of nitrogens with zero attached hydrogens (tertiary/aromatic N) is 4. The molecule has 0 radical (unpaired) electrons. The fourth-order valence-corrected chi connectivity index (χ4v) is 3.54. The summed E-state index contributed by atoms with van der Waals surface area (Å²) < 4.78 is 3.86. The Morgan fingerprint density at radius 3 is 2.68 bits per heavy atom. The first-order valence-electron chi connectivity index (χ1n) is 9.35. The Kier molecular flexibility index (Phi) is 4.69. The fourth-order valence-electron chi connectivity index (χ4n) is 3.54. The molecule has 6 heteroatoms. The van der Waals surface area contributed by atoms with Crippen molar-refractivity contribution in [1.29, 1.82) is 0 Å². The molecule has 0 spiro atoms. The number of hydrogen-bond acceptors (Lipinski definition) is 3. The molecule has 4 rings (SSSR count). The molecular formula is C22H23N5O. The highest BCUT2D eigenvalue weighted by Gasteiger charge is 2.17. The summed E-state index contributed by atoms with van der Waals surface area (Å²) in [6.45, 7) is 6.02. The van der Waals surface area contributed by atoms with Gasteiger partial charge in [0.25, 0.3) is 0 Å². The van der Waals surface area contributed by atoms with Crippen LogP contribution in [-0.4, -0.2) is 25.1 Å². The Morgan fingerprint density at radius 2 is 1.89 bits per heavy atom. The summed E-state index contributed by atoms with van der Waals surface area (Å²) in [4.78, 5) is 17.1. The van der Waals surface area contributed by atoms with E-state index in [1.165, 1.54) is 0 Å². The number of amides is 1. The summed E-state index contributed by atoms with van der Waals surface area (Å²) >= 11 is 0. The van der Waals surface area contributed by atoms with E-state index < -0.39 is 0 Å². The van der Waals surface area contributed by atoms with E-state index in [-0.39, 0.29) is 18.4 Å². The number of rotatable bonds is 5. The number of nitrogens with one attached hydrogen (secondary N) is 1. The maximum absolute atomic E-state index is 12.6. The first kappa shape index (κ1) is 18.0. The zero-order chi connectivity index (χ0) is 19.7. The van der Waals surface area contributed by atoms with E-state index in [0.29, 0.717) is 0 Å². The minimum Gasteiger partial charge on any atom is -0.349 e. The lowest BCUT2D eigenvalue weighted by Crippen LogP contribution is -2.28. The van der Waals surface area contributed by atoms with E-state index in [4.69, 9.17) is 0 Å². The van der Waals surface area contributed by atoms with Crippen LogP contribution in [0.1, 0.15) is 35.5 Å². The second-order valence-corrected chi connectivity index (χ2v) is 7.03. The molecule has 4 aromatic rings. The molecule has 0 bridgehead atoms. The van der Waals surface area contributed by atoms with Crippen molar-refractivity contribution < 1.29 is 4.79 Å². The van der Waals surface area contributed by atoms with E-state index >= 15 is 0 Å². The van der Waals surface area contributed by atoms with Crippen molar-refractivity contribution in [2.45, 2.75) is 33.2 Å². The molecule has 1 amide bonds. The maximum atomic E-state index is 12.6. The predicted molar refractivity (Wildman–Crippen MR) is 108 cm³/mol. The van der Waals surface area contributed by atoms with E-state index in [1.54, 1.807) is 6.20 Å². The molecule has 28 heavy (non-hydrogen) atoms. The highest BCUT2D eigenvalue weighted by molar-refractivity contribution is 5.79. The number of aryl methyl sites for hydroxylation is 1. The lowest BCUT2D eigenvalue weighted by atomic mass is 10.1. The van der Waals surface area contributed by atoms with Gasteiger partial charge in [-0.3, -0.25) is 4.79 Å². The average Bonchev–Trinajstić information content (AvgIpc) is 3.27. The third-order valence-corrected chi connectivity index (χ3v) is 5.04. The van der Waals surface area contributed by atoms with E-state index in [0.717, 1.165) is 33.8 Å². The topological polar surface area (TPSA) is 64.2 Å². The number of imidazole rings is 1.